The molecule has 1 aromatic heterocycles. The Labute approximate surface area is 191 Å². The molecule has 0 aliphatic rings. The Hall–Kier alpha value is -2.70. The van der Waals surface area contributed by atoms with E-state index in [1.54, 1.807) is 16.9 Å². The van der Waals surface area contributed by atoms with Crippen molar-refractivity contribution in [3.05, 3.63) is 106 Å². The zero-order valence-corrected chi connectivity index (χ0v) is 18.3. The summed E-state index contributed by atoms with van der Waals surface area (Å²) in [5, 5.41) is 24.3. The number of benzene rings is 3. The first-order chi connectivity index (χ1) is 15.1. The van der Waals surface area contributed by atoms with E-state index in [1.807, 2.05) is 66.7 Å². The summed E-state index contributed by atoms with van der Waals surface area (Å²) in [5.74, 6) is 0. The molecule has 158 valence electrons. The fourth-order valence-corrected chi connectivity index (χ4v) is 3.78. The maximum Gasteiger partial charge on any atom is 0.117 e. The van der Waals surface area contributed by atoms with Crippen LogP contribution in [0.2, 0.25) is 10.0 Å². The molecule has 2 N–H and O–H groups in total. The molecule has 1 heterocycles. The van der Waals surface area contributed by atoms with Crippen molar-refractivity contribution < 1.29 is 5.11 Å². The van der Waals surface area contributed by atoms with Crippen LogP contribution in [-0.4, -0.2) is 26.6 Å². The monoisotopic (exact) mass is 452 g/mol. The summed E-state index contributed by atoms with van der Waals surface area (Å²) in [7, 11) is 0. The van der Waals surface area contributed by atoms with Gasteiger partial charge in [0.2, 0.25) is 0 Å². The predicted octanol–water partition coefficient (Wildman–Crippen LogP) is 5.12. The Morgan fingerprint density at radius 1 is 0.903 bits per heavy atom. The first-order valence-corrected chi connectivity index (χ1v) is 10.7. The van der Waals surface area contributed by atoms with Crippen LogP contribution in [0.3, 0.4) is 0 Å². The highest BCUT2D eigenvalue weighted by molar-refractivity contribution is 6.35. The first-order valence-electron chi connectivity index (χ1n) is 9.97. The summed E-state index contributed by atoms with van der Waals surface area (Å²) in [5.41, 5.74) is 4.35. The molecular formula is C24H22Cl2N4O. The molecule has 0 spiro atoms. The van der Waals surface area contributed by atoms with Gasteiger partial charge in [-0.1, -0.05) is 89.9 Å². The van der Waals surface area contributed by atoms with Gasteiger partial charge in [0.1, 0.15) is 11.4 Å². The highest BCUT2D eigenvalue weighted by atomic mass is 35.5. The second-order valence-electron chi connectivity index (χ2n) is 7.18. The van der Waals surface area contributed by atoms with Gasteiger partial charge in [-0.3, -0.25) is 0 Å². The number of nitrogens with zero attached hydrogens (tertiary/aromatic N) is 3. The summed E-state index contributed by atoms with van der Waals surface area (Å²) in [6, 6.07) is 24.9. The average molecular weight is 453 g/mol. The maximum atomic E-state index is 10.4. The lowest BCUT2D eigenvalue weighted by Crippen LogP contribution is -2.21. The van der Waals surface area contributed by atoms with Crippen LogP contribution in [0.25, 0.3) is 11.3 Å². The van der Waals surface area contributed by atoms with Crippen molar-refractivity contribution in [3.8, 4) is 11.3 Å². The lowest BCUT2D eigenvalue weighted by molar-refractivity contribution is 0.174. The molecule has 0 saturated carbocycles. The largest absolute Gasteiger partial charge is 0.387 e. The number of hydrogen-bond acceptors (Lipinski definition) is 4. The maximum absolute atomic E-state index is 10.4. The van der Waals surface area contributed by atoms with Gasteiger partial charge in [-0.25, -0.2) is 0 Å². The lowest BCUT2D eigenvalue weighted by Gasteiger charge is -2.11. The second-order valence-corrected chi connectivity index (χ2v) is 8.03. The quantitative estimate of drug-likeness (QED) is 0.389. The zero-order chi connectivity index (χ0) is 21.6. The van der Waals surface area contributed by atoms with E-state index in [1.165, 1.54) is 0 Å². The van der Waals surface area contributed by atoms with Crippen LogP contribution in [0.15, 0.2) is 78.9 Å². The number of halogens is 2. The summed E-state index contributed by atoms with van der Waals surface area (Å²) < 4.78 is 0. The van der Waals surface area contributed by atoms with Gasteiger partial charge in [0.25, 0.3) is 0 Å². The Kier molecular flexibility index (Phi) is 6.99. The normalized spacial score (nSPS) is 12.1. The van der Waals surface area contributed by atoms with Crippen molar-refractivity contribution in [2.75, 3.05) is 6.54 Å². The highest BCUT2D eigenvalue weighted by Gasteiger charge is 2.15. The minimum absolute atomic E-state index is 0.411. The smallest absolute Gasteiger partial charge is 0.117 e. The zero-order valence-electron chi connectivity index (χ0n) is 16.7. The lowest BCUT2D eigenvalue weighted by atomic mass is 10.1. The van der Waals surface area contributed by atoms with Gasteiger partial charge in [-0.2, -0.15) is 15.0 Å². The van der Waals surface area contributed by atoms with Crippen molar-refractivity contribution in [1.82, 2.24) is 20.3 Å². The summed E-state index contributed by atoms with van der Waals surface area (Å²) >= 11 is 12.3. The van der Waals surface area contributed by atoms with Gasteiger partial charge >= 0.3 is 0 Å². The van der Waals surface area contributed by atoms with E-state index in [-0.39, 0.29) is 0 Å². The molecule has 1 atom stereocenters. The minimum atomic E-state index is -0.593. The second kappa shape index (κ2) is 10.1. The van der Waals surface area contributed by atoms with E-state index in [2.05, 4.69) is 10.4 Å². The third-order valence-corrected chi connectivity index (χ3v) is 5.50. The SMILES string of the molecule is O[C@@H](CNCc1nn(Cc2ccc(Cl)cc2Cl)nc1-c1ccccc1)c1ccccc1. The number of rotatable bonds is 8. The topological polar surface area (TPSA) is 63.0 Å². The fraction of sp³-hybridized carbons (Fsp3) is 0.167. The first kappa shape index (κ1) is 21.5. The molecule has 0 radical (unpaired) electrons. The molecule has 4 rings (SSSR count). The molecular weight excluding hydrogens is 431 g/mol. The molecule has 0 unspecified atom stereocenters. The van der Waals surface area contributed by atoms with Gasteiger partial charge in [0.05, 0.1) is 12.6 Å². The Bertz CT molecular complexity index is 1130. The standard InChI is InChI=1S/C24H22Cl2N4O/c25-20-12-11-19(21(26)13-20)16-30-28-22(24(29-30)18-9-5-2-6-10-18)14-27-15-23(31)17-7-3-1-4-8-17/h1-13,23,27,31H,14-16H2/t23-/m0/s1. The van der Waals surface area contributed by atoms with Gasteiger partial charge in [0.15, 0.2) is 0 Å². The van der Waals surface area contributed by atoms with Gasteiger partial charge in [-0.15, -0.1) is 0 Å². The van der Waals surface area contributed by atoms with Crippen LogP contribution >= 0.6 is 23.2 Å². The van der Waals surface area contributed by atoms with Crippen molar-refractivity contribution in [3.63, 3.8) is 0 Å². The molecule has 0 aliphatic carbocycles. The minimum Gasteiger partial charge on any atom is -0.387 e. The van der Waals surface area contributed by atoms with Crippen LogP contribution in [-0.2, 0) is 13.1 Å². The average Bonchev–Trinajstić information content (AvgIpc) is 3.19. The van der Waals surface area contributed by atoms with Crippen molar-refractivity contribution in [2.24, 2.45) is 0 Å². The summed E-state index contributed by atoms with van der Waals surface area (Å²) in [6.45, 7) is 1.32. The van der Waals surface area contributed by atoms with Gasteiger partial charge in [0, 0.05) is 28.7 Å². The van der Waals surface area contributed by atoms with E-state index in [9.17, 15) is 5.11 Å². The molecule has 0 saturated heterocycles. The van der Waals surface area contributed by atoms with E-state index < -0.39 is 6.10 Å². The predicted molar refractivity (Wildman–Crippen MR) is 124 cm³/mol. The van der Waals surface area contributed by atoms with Crippen LogP contribution in [0.5, 0.6) is 0 Å². The van der Waals surface area contributed by atoms with Crippen LogP contribution in [0.4, 0.5) is 0 Å². The molecule has 7 heteroatoms. The Morgan fingerprint density at radius 2 is 1.61 bits per heavy atom. The van der Waals surface area contributed by atoms with E-state index in [4.69, 9.17) is 28.3 Å². The number of aliphatic hydroxyl groups excluding tert-OH is 1. The molecule has 5 nitrogen and oxygen atoms in total. The Morgan fingerprint density at radius 3 is 2.32 bits per heavy atom. The summed E-state index contributed by atoms with van der Waals surface area (Å²) in [6.07, 6.45) is -0.593. The number of aromatic nitrogens is 3. The summed E-state index contributed by atoms with van der Waals surface area (Å²) in [4.78, 5) is 1.64. The van der Waals surface area contributed by atoms with Crippen LogP contribution in [0, 0.1) is 0 Å². The molecule has 0 amide bonds. The Balaban J connectivity index is 1.52. The van der Waals surface area contributed by atoms with E-state index in [0.717, 1.165) is 28.1 Å². The van der Waals surface area contributed by atoms with Gasteiger partial charge in [-0.05, 0) is 23.3 Å². The van der Waals surface area contributed by atoms with E-state index >= 15 is 0 Å². The fourth-order valence-electron chi connectivity index (χ4n) is 3.31. The molecule has 3 aromatic carbocycles. The molecule has 0 bridgehead atoms. The molecule has 31 heavy (non-hydrogen) atoms. The van der Waals surface area contributed by atoms with E-state index in [0.29, 0.717) is 29.7 Å². The van der Waals surface area contributed by atoms with Crippen LogP contribution < -0.4 is 5.32 Å². The third kappa shape index (κ3) is 5.51. The highest BCUT2D eigenvalue weighted by Crippen LogP contribution is 2.24. The van der Waals surface area contributed by atoms with Crippen LogP contribution in [0.1, 0.15) is 22.9 Å². The number of aliphatic hydroxyl groups is 1. The number of nitrogens with one attached hydrogen (secondary N) is 1. The third-order valence-electron chi connectivity index (χ3n) is 4.91. The van der Waals surface area contributed by atoms with Crippen molar-refractivity contribution >= 4 is 23.2 Å². The number of hydrogen-bond donors (Lipinski definition) is 2. The van der Waals surface area contributed by atoms with Crippen molar-refractivity contribution in [1.29, 1.82) is 0 Å². The van der Waals surface area contributed by atoms with Crippen molar-refractivity contribution in [2.45, 2.75) is 19.2 Å². The molecule has 4 aromatic rings. The molecule has 0 aliphatic heterocycles. The molecule has 0 fully saturated rings. The van der Waals surface area contributed by atoms with Gasteiger partial charge < -0.3 is 10.4 Å².